The largest absolute Gasteiger partial charge is 0.481 e. The first kappa shape index (κ1) is 15.7. The Bertz CT molecular complexity index is 375. The Labute approximate surface area is 115 Å². The normalized spacial score (nSPS) is 10.9. The van der Waals surface area contributed by atoms with E-state index >= 15 is 0 Å². The Morgan fingerprint density at radius 2 is 1.84 bits per heavy atom. The molecule has 4 nitrogen and oxygen atoms in total. The van der Waals surface area contributed by atoms with E-state index < -0.39 is 5.97 Å². The predicted octanol–water partition coefficient (Wildman–Crippen LogP) is 2.17. The number of carbonyl (C=O) groups is 1. The monoisotopic (exact) mass is 265 g/mol. The highest BCUT2D eigenvalue weighted by Crippen LogP contribution is 2.08. The number of rotatable bonds is 9. The smallest absolute Gasteiger partial charge is 0.307 e. The second-order valence-electron chi connectivity index (χ2n) is 4.45. The molecule has 1 N–H and O–H groups in total. The quantitative estimate of drug-likeness (QED) is 0.695. The van der Waals surface area contributed by atoms with Gasteiger partial charge < -0.3 is 9.84 Å². The van der Waals surface area contributed by atoms with Crippen LogP contribution in [0, 0.1) is 0 Å². The number of hydrogen-bond acceptors (Lipinski definition) is 3. The number of carboxylic acid groups (broad SMARTS) is 1. The van der Waals surface area contributed by atoms with Gasteiger partial charge in [-0.2, -0.15) is 0 Å². The van der Waals surface area contributed by atoms with Crippen molar-refractivity contribution in [1.82, 2.24) is 4.90 Å². The van der Waals surface area contributed by atoms with Crippen molar-refractivity contribution >= 4 is 5.97 Å². The number of nitrogens with zero attached hydrogens (tertiary/aromatic N) is 1. The van der Waals surface area contributed by atoms with E-state index in [4.69, 9.17) is 9.84 Å². The summed E-state index contributed by atoms with van der Waals surface area (Å²) in [6, 6.07) is 7.78. The summed E-state index contributed by atoms with van der Waals surface area (Å²) in [5.41, 5.74) is 2.04. The summed E-state index contributed by atoms with van der Waals surface area (Å²) in [5.74, 6) is -0.792. The van der Waals surface area contributed by atoms with Crippen molar-refractivity contribution in [3.05, 3.63) is 35.4 Å². The van der Waals surface area contributed by atoms with Gasteiger partial charge in [-0.25, -0.2) is 0 Å². The molecule has 0 aliphatic heterocycles. The Kier molecular flexibility index (Phi) is 7.15. The number of carboxylic acids is 1. The van der Waals surface area contributed by atoms with Crippen LogP contribution in [0.4, 0.5) is 0 Å². The van der Waals surface area contributed by atoms with Crippen molar-refractivity contribution in [2.45, 2.75) is 26.8 Å². The maximum absolute atomic E-state index is 10.6. The maximum atomic E-state index is 10.6. The van der Waals surface area contributed by atoms with Gasteiger partial charge in [-0.05, 0) is 24.6 Å². The van der Waals surface area contributed by atoms with Crippen LogP contribution < -0.4 is 0 Å². The van der Waals surface area contributed by atoms with Crippen LogP contribution in [-0.2, 0) is 22.5 Å². The molecule has 0 radical (unpaired) electrons. The zero-order valence-electron chi connectivity index (χ0n) is 11.8. The molecule has 0 fully saturated rings. The highest BCUT2D eigenvalue weighted by molar-refractivity contribution is 5.70. The van der Waals surface area contributed by atoms with Crippen LogP contribution in [0.3, 0.4) is 0 Å². The second-order valence-corrected chi connectivity index (χ2v) is 4.45. The standard InChI is InChI=1S/C15H23NO3/c1-3-16(9-10-19-4-2)12-14-7-5-13(6-8-14)11-15(17)18/h5-8H,3-4,9-12H2,1-2H3,(H,17,18). The van der Waals surface area contributed by atoms with Crippen molar-refractivity contribution in [3.8, 4) is 0 Å². The van der Waals surface area contributed by atoms with Gasteiger partial charge in [0.2, 0.25) is 0 Å². The van der Waals surface area contributed by atoms with Crippen LogP contribution in [0.1, 0.15) is 25.0 Å². The second kappa shape index (κ2) is 8.67. The van der Waals surface area contributed by atoms with Crippen LogP contribution in [0.15, 0.2) is 24.3 Å². The Morgan fingerprint density at radius 3 is 2.37 bits per heavy atom. The molecule has 0 atom stereocenters. The molecule has 0 aliphatic rings. The number of benzene rings is 1. The van der Waals surface area contributed by atoms with Gasteiger partial charge in [0.05, 0.1) is 13.0 Å². The molecule has 0 unspecified atom stereocenters. The molecule has 0 saturated heterocycles. The Morgan fingerprint density at radius 1 is 1.21 bits per heavy atom. The van der Waals surface area contributed by atoms with E-state index in [0.717, 1.165) is 38.4 Å². The zero-order chi connectivity index (χ0) is 14.1. The van der Waals surface area contributed by atoms with E-state index in [2.05, 4.69) is 11.8 Å². The summed E-state index contributed by atoms with van der Waals surface area (Å²) in [7, 11) is 0. The van der Waals surface area contributed by atoms with Gasteiger partial charge in [0, 0.05) is 19.7 Å². The van der Waals surface area contributed by atoms with E-state index in [-0.39, 0.29) is 6.42 Å². The molecule has 0 saturated carbocycles. The van der Waals surface area contributed by atoms with Crippen LogP contribution in [0.5, 0.6) is 0 Å². The van der Waals surface area contributed by atoms with Crippen molar-refractivity contribution in [2.75, 3.05) is 26.3 Å². The molecule has 0 bridgehead atoms. The van der Waals surface area contributed by atoms with Crippen LogP contribution in [-0.4, -0.2) is 42.3 Å². The molecule has 0 aromatic heterocycles. The maximum Gasteiger partial charge on any atom is 0.307 e. The van der Waals surface area contributed by atoms with Gasteiger partial charge in [-0.1, -0.05) is 31.2 Å². The van der Waals surface area contributed by atoms with Crippen molar-refractivity contribution in [2.24, 2.45) is 0 Å². The summed E-state index contributed by atoms with van der Waals surface area (Å²) < 4.78 is 5.36. The molecule has 0 spiro atoms. The fraction of sp³-hybridized carbons (Fsp3) is 0.533. The van der Waals surface area contributed by atoms with Gasteiger partial charge >= 0.3 is 5.97 Å². The average Bonchev–Trinajstić information content (AvgIpc) is 2.39. The molecule has 1 aromatic carbocycles. The minimum Gasteiger partial charge on any atom is -0.481 e. The first-order chi connectivity index (χ1) is 9.15. The number of aliphatic carboxylic acids is 1. The minimum absolute atomic E-state index is 0.0854. The predicted molar refractivity (Wildman–Crippen MR) is 75.2 cm³/mol. The Balaban J connectivity index is 2.48. The highest BCUT2D eigenvalue weighted by atomic mass is 16.5. The van der Waals surface area contributed by atoms with Crippen molar-refractivity contribution in [1.29, 1.82) is 0 Å². The van der Waals surface area contributed by atoms with Gasteiger partial charge in [-0.15, -0.1) is 0 Å². The SMILES string of the molecule is CCOCCN(CC)Cc1ccc(CC(=O)O)cc1. The molecule has 106 valence electrons. The lowest BCUT2D eigenvalue weighted by molar-refractivity contribution is -0.136. The summed E-state index contributed by atoms with van der Waals surface area (Å²) >= 11 is 0. The topological polar surface area (TPSA) is 49.8 Å². The van der Waals surface area contributed by atoms with Gasteiger partial charge in [0.1, 0.15) is 0 Å². The van der Waals surface area contributed by atoms with E-state index in [9.17, 15) is 4.79 Å². The lowest BCUT2D eigenvalue weighted by Gasteiger charge is -2.20. The van der Waals surface area contributed by atoms with E-state index in [0.29, 0.717) is 0 Å². The lowest BCUT2D eigenvalue weighted by atomic mass is 10.1. The highest BCUT2D eigenvalue weighted by Gasteiger charge is 2.05. The third kappa shape index (κ3) is 6.36. The number of ether oxygens (including phenoxy) is 1. The Hall–Kier alpha value is -1.39. The first-order valence-corrected chi connectivity index (χ1v) is 6.75. The summed E-state index contributed by atoms with van der Waals surface area (Å²) in [6.07, 6.45) is 0.0854. The van der Waals surface area contributed by atoms with Crippen LogP contribution in [0.2, 0.25) is 0 Å². The van der Waals surface area contributed by atoms with Crippen LogP contribution in [0.25, 0.3) is 0 Å². The van der Waals surface area contributed by atoms with Gasteiger partial charge in [0.25, 0.3) is 0 Å². The van der Waals surface area contributed by atoms with Gasteiger partial charge in [-0.3, -0.25) is 9.69 Å². The molecule has 1 rings (SSSR count). The van der Waals surface area contributed by atoms with Crippen LogP contribution >= 0.6 is 0 Å². The molecule has 4 heteroatoms. The molecule has 0 heterocycles. The first-order valence-electron chi connectivity index (χ1n) is 6.75. The molecule has 1 aromatic rings. The molecule has 0 aliphatic carbocycles. The third-order valence-electron chi connectivity index (χ3n) is 2.99. The van der Waals surface area contributed by atoms with E-state index in [1.165, 1.54) is 5.56 Å². The third-order valence-corrected chi connectivity index (χ3v) is 2.99. The number of likely N-dealkylation sites (N-methyl/N-ethyl adjacent to an activating group) is 1. The molecule has 0 amide bonds. The average molecular weight is 265 g/mol. The van der Waals surface area contributed by atoms with E-state index in [1.54, 1.807) is 0 Å². The lowest BCUT2D eigenvalue weighted by Crippen LogP contribution is -2.27. The molecular weight excluding hydrogens is 242 g/mol. The fourth-order valence-corrected chi connectivity index (χ4v) is 1.88. The summed E-state index contributed by atoms with van der Waals surface area (Å²) in [4.78, 5) is 12.9. The van der Waals surface area contributed by atoms with Gasteiger partial charge in [0.15, 0.2) is 0 Å². The summed E-state index contributed by atoms with van der Waals surface area (Å²) in [5, 5.41) is 8.72. The fourth-order valence-electron chi connectivity index (χ4n) is 1.88. The number of hydrogen-bond donors (Lipinski definition) is 1. The molecular formula is C15H23NO3. The van der Waals surface area contributed by atoms with Crippen molar-refractivity contribution in [3.63, 3.8) is 0 Å². The molecule has 19 heavy (non-hydrogen) atoms. The minimum atomic E-state index is -0.792. The van der Waals surface area contributed by atoms with Crippen molar-refractivity contribution < 1.29 is 14.6 Å². The van der Waals surface area contributed by atoms with E-state index in [1.807, 2.05) is 31.2 Å². The zero-order valence-corrected chi connectivity index (χ0v) is 11.8. The summed E-state index contributed by atoms with van der Waals surface area (Å²) in [6.45, 7) is 8.40.